The van der Waals surface area contributed by atoms with Gasteiger partial charge in [-0.05, 0) is 26.1 Å². The highest BCUT2D eigenvalue weighted by molar-refractivity contribution is 7.84. The molecule has 7 heteroatoms. The molecule has 0 amide bonds. The summed E-state index contributed by atoms with van der Waals surface area (Å²) >= 11 is 0. The fourth-order valence-corrected chi connectivity index (χ4v) is 2.24. The maximum absolute atomic E-state index is 13.9. The summed E-state index contributed by atoms with van der Waals surface area (Å²) in [5, 5.41) is 2.90. The maximum atomic E-state index is 13.9. The summed E-state index contributed by atoms with van der Waals surface area (Å²) in [5.74, 6) is -0.444. The zero-order valence-electron chi connectivity index (χ0n) is 14.1. The summed E-state index contributed by atoms with van der Waals surface area (Å²) in [7, 11) is 0.689. The second kappa shape index (κ2) is 10.6. The van der Waals surface area contributed by atoms with Gasteiger partial charge in [0.2, 0.25) is 0 Å². The van der Waals surface area contributed by atoms with Gasteiger partial charge in [-0.1, -0.05) is 12.1 Å². The molecule has 0 spiro atoms. The number of rotatable bonds is 6. The van der Waals surface area contributed by atoms with Crippen LogP contribution in [-0.2, 0) is 10.8 Å². The van der Waals surface area contributed by atoms with E-state index in [1.807, 2.05) is 20.0 Å². The van der Waals surface area contributed by atoms with Crippen molar-refractivity contribution in [3.05, 3.63) is 49.1 Å². The maximum Gasteiger partial charge on any atom is 0.316 e. The van der Waals surface area contributed by atoms with E-state index in [-0.39, 0.29) is 6.01 Å². The van der Waals surface area contributed by atoms with E-state index in [1.165, 1.54) is 24.7 Å². The minimum atomic E-state index is -1.20. The Morgan fingerprint density at radius 1 is 1.38 bits per heavy atom. The van der Waals surface area contributed by atoms with E-state index in [1.54, 1.807) is 12.1 Å². The summed E-state index contributed by atoms with van der Waals surface area (Å²) in [6, 6.07) is 4.73. The molecular formula is C17H22FN3O2S. The van der Waals surface area contributed by atoms with Crippen molar-refractivity contribution in [2.24, 2.45) is 0 Å². The fraction of sp³-hybridized carbons (Fsp3) is 0.294. The lowest BCUT2D eigenvalue weighted by molar-refractivity contribution is 0.312. The lowest BCUT2D eigenvalue weighted by atomic mass is 10.1. The Morgan fingerprint density at radius 3 is 2.46 bits per heavy atom. The lowest BCUT2D eigenvalue weighted by Crippen LogP contribution is -2.02. The number of ether oxygens (including phenoxy) is 1. The standard InChI is InChI=1S/C13H13FN2O2S.C4H9N/c1-3-18-13-15-7-9(8-16-13)11-5-4-10(19(2)17)6-12(11)14;1-3-4-5-2/h4-8H,3H2,1-2H3;3,5H,1,4H2,2H3. The van der Waals surface area contributed by atoms with Crippen molar-refractivity contribution in [1.82, 2.24) is 15.3 Å². The first kappa shape index (κ1) is 19.9. The highest BCUT2D eigenvalue weighted by Gasteiger charge is 2.09. The molecule has 1 unspecified atom stereocenters. The smallest absolute Gasteiger partial charge is 0.316 e. The van der Waals surface area contributed by atoms with Crippen molar-refractivity contribution < 1.29 is 13.3 Å². The van der Waals surface area contributed by atoms with Crippen LogP contribution >= 0.6 is 0 Å². The van der Waals surface area contributed by atoms with Gasteiger partial charge in [-0.2, -0.15) is 0 Å². The molecule has 1 aromatic carbocycles. The van der Waals surface area contributed by atoms with Crippen LogP contribution in [0.3, 0.4) is 0 Å². The van der Waals surface area contributed by atoms with Crippen LogP contribution in [-0.4, -0.2) is 40.6 Å². The molecule has 0 bridgehead atoms. The van der Waals surface area contributed by atoms with Crippen molar-refractivity contribution >= 4 is 10.8 Å². The van der Waals surface area contributed by atoms with Crippen molar-refractivity contribution in [3.8, 4) is 17.1 Å². The molecular weight excluding hydrogens is 329 g/mol. The molecule has 1 atom stereocenters. The highest BCUT2D eigenvalue weighted by Crippen LogP contribution is 2.24. The summed E-state index contributed by atoms with van der Waals surface area (Å²) in [5.41, 5.74) is 0.923. The van der Waals surface area contributed by atoms with Crippen molar-refractivity contribution in [1.29, 1.82) is 0 Å². The third kappa shape index (κ3) is 6.17. The van der Waals surface area contributed by atoms with E-state index in [2.05, 4.69) is 21.9 Å². The minimum Gasteiger partial charge on any atom is -0.464 e. The van der Waals surface area contributed by atoms with Gasteiger partial charge >= 0.3 is 6.01 Å². The third-order valence-electron chi connectivity index (χ3n) is 2.83. The second-order valence-corrected chi connectivity index (χ2v) is 6.01. The average Bonchev–Trinajstić information content (AvgIpc) is 2.57. The van der Waals surface area contributed by atoms with Crippen molar-refractivity contribution in [2.75, 3.05) is 26.5 Å². The molecule has 24 heavy (non-hydrogen) atoms. The highest BCUT2D eigenvalue weighted by atomic mass is 32.2. The van der Waals surface area contributed by atoms with Crippen LogP contribution in [0, 0.1) is 5.82 Å². The van der Waals surface area contributed by atoms with Crippen LogP contribution in [0.5, 0.6) is 6.01 Å². The molecule has 130 valence electrons. The molecule has 1 aromatic heterocycles. The number of nitrogens with one attached hydrogen (secondary N) is 1. The molecule has 2 rings (SSSR count). The molecule has 0 aliphatic carbocycles. The predicted molar refractivity (Wildman–Crippen MR) is 95.1 cm³/mol. The topological polar surface area (TPSA) is 64.1 Å². The second-order valence-electron chi connectivity index (χ2n) is 4.63. The van der Waals surface area contributed by atoms with Crippen LogP contribution < -0.4 is 10.1 Å². The van der Waals surface area contributed by atoms with E-state index in [0.717, 1.165) is 6.54 Å². The van der Waals surface area contributed by atoms with Gasteiger partial charge < -0.3 is 10.1 Å². The monoisotopic (exact) mass is 351 g/mol. The largest absolute Gasteiger partial charge is 0.464 e. The summed E-state index contributed by atoms with van der Waals surface area (Å²) in [6.45, 7) is 6.70. The SMILES string of the molecule is C=CCNC.CCOc1ncc(-c2ccc(S(C)=O)cc2F)cn1. The quantitative estimate of drug-likeness (QED) is 0.811. The molecule has 1 N–H and O–H groups in total. The summed E-state index contributed by atoms with van der Waals surface area (Å²) < 4.78 is 30.3. The Hall–Kier alpha value is -2.12. The van der Waals surface area contributed by atoms with E-state index >= 15 is 0 Å². The Labute approximate surface area is 144 Å². The van der Waals surface area contributed by atoms with Gasteiger partial charge in [0.15, 0.2) is 0 Å². The number of hydrogen-bond donors (Lipinski definition) is 1. The molecule has 0 saturated carbocycles. The van der Waals surface area contributed by atoms with E-state index in [9.17, 15) is 8.60 Å². The van der Waals surface area contributed by atoms with Gasteiger partial charge in [-0.15, -0.1) is 6.58 Å². The zero-order chi connectivity index (χ0) is 17.9. The first-order valence-electron chi connectivity index (χ1n) is 7.37. The molecule has 0 saturated heterocycles. The first-order valence-corrected chi connectivity index (χ1v) is 8.93. The molecule has 2 aromatic rings. The molecule has 0 aliphatic rings. The van der Waals surface area contributed by atoms with Gasteiger partial charge in [0.25, 0.3) is 0 Å². The Morgan fingerprint density at radius 2 is 2.04 bits per heavy atom. The average molecular weight is 351 g/mol. The fourth-order valence-electron chi connectivity index (χ4n) is 1.71. The van der Waals surface area contributed by atoms with Crippen molar-refractivity contribution in [2.45, 2.75) is 11.8 Å². The zero-order valence-corrected chi connectivity index (χ0v) is 14.9. The Kier molecular flexibility index (Phi) is 8.81. The Bertz CT molecular complexity index is 678. The predicted octanol–water partition coefficient (Wildman–Crippen LogP) is 2.81. The van der Waals surface area contributed by atoms with Crippen LogP contribution in [0.4, 0.5) is 4.39 Å². The molecule has 0 radical (unpaired) electrons. The number of hydrogen-bond acceptors (Lipinski definition) is 5. The van der Waals surface area contributed by atoms with Crippen molar-refractivity contribution in [3.63, 3.8) is 0 Å². The van der Waals surface area contributed by atoms with Gasteiger partial charge in [0.05, 0.1) is 6.61 Å². The molecule has 5 nitrogen and oxygen atoms in total. The third-order valence-corrected chi connectivity index (χ3v) is 3.75. The number of likely N-dealkylation sites (N-methyl/N-ethyl adjacent to an activating group) is 1. The van der Waals surface area contributed by atoms with Crippen LogP contribution in [0.1, 0.15) is 6.92 Å². The van der Waals surface area contributed by atoms with Gasteiger partial charge in [-0.25, -0.2) is 14.4 Å². The summed E-state index contributed by atoms with van der Waals surface area (Å²) in [4.78, 5) is 8.42. The molecule has 1 heterocycles. The van der Waals surface area contributed by atoms with Crippen LogP contribution in [0.2, 0.25) is 0 Å². The van der Waals surface area contributed by atoms with Crippen LogP contribution in [0.25, 0.3) is 11.1 Å². The molecule has 0 aliphatic heterocycles. The minimum absolute atomic E-state index is 0.262. The van der Waals surface area contributed by atoms with Gasteiger partial charge in [0.1, 0.15) is 5.82 Å². The van der Waals surface area contributed by atoms with E-state index in [0.29, 0.717) is 22.6 Å². The number of halogens is 1. The van der Waals surface area contributed by atoms with E-state index in [4.69, 9.17) is 4.74 Å². The lowest BCUT2D eigenvalue weighted by Gasteiger charge is -2.05. The normalized spacial score (nSPS) is 11.2. The summed E-state index contributed by atoms with van der Waals surface area (Å²) in [6.07, 6.45) is 6.33. The number of nitrogens with zero attached hydrogens (tertiary/aromatic N) is 2. The Balaban J connectivity index is 0.000000505. The van der Waals surface area contributed by atoms with E-state index < -0.39 is 16.6 Å². The number of benzene rings is 1. The number of aromatic nitrogens is 2. The van der Waals surface area contributed by atoms with Gasteiger partial charge in [-0.3, -0.25) is 4.21 Å². The molecule has 0 fully saturated rings. The van der Waals surface area contributed by atoms with Gasteiger partial charge in [0, 0.05) is 52.0 Å². The van der Waals surface area contributed by atoms with Crippen LogP contribution in [0.15, 0.2) is 48.1 Å². The first-order chi connectivity index (χ1) is 11.5.